The summed E-state index contributed by atoms with van der Waals surface area (Å²) in [6.45, 7) is 4.97. The Morgan fingerprint density at radius 3 is 2.79 bits per heavy atom. The van der Waals surface area contributed by atoms with Gasteiger partial charge in [0.05, 0.1) is 23.6 Å². The molecule has 2 aromatic carbocycles. The van der Waals surface area contributed by atoms with E-state index in [4.69, 9.17) is 21.1 Å². The molecule has 4 rings (SSSR count). The van der Waals surface area contributed by atoms with Crippen LogP contribution in [-0.2, 0) is 14.3 Å². The highest BCUT2D eigenvalue weighted by molar-refractivity contribution is 6.33. The van der Waals surface area contributed by atoms with Crippen LogP contribution in [-0.4, -0.2) is 47.6 Å². The summed E-state index contributed by atoms with van der Waals surface area (Å²) in [5.74, 6) is -0.115. The highest BCUT2D eigenvalue weighted by atomic mass is 35.5. The number of carbonyl (C=O) groups is 2. The quantitative estimate of drug-likeness (QED) is 0.428. The molecule has 0 radical (unpaired) electrons. The Morgan fingerprint density at radius 2 is 2.03 bits per heavy atom. The van der Waals surface area contributed by atoms with Crippen LogP contribution in [0.15, 0.2) is 48.7 Å². The zero-order valence-corrected chi connectivity index (χ0v) is 19.8. The van der Waals surface area contributed by atoms with Crippen molar-refractivity contribution in [3.05, 3.63) is 59.5 Å². The van der Waals surface area contributed by atoms with Gasteiger partial charge in [-0.15, -0.1) is 0 Å². The van der Waals surface area contributed by atoms with Gasteiger partial charge in [0.2, 0.25) is 0 Å². The molecule has 8 heteroatoms. The Bertz CT molecular complexity index is 1220. The number of fused-ring (bicyclic) bond motifs is 1. The summed E-state index contributed by atoms with van der Waals surface area (Å²) in [5.41, 5.74) is 2.21. The lowest BCUT2D eigenvalue weighted by atomic mass is 10.0. The summed E-state index contributed by atoms with van der Waals surface area (Å²) >= 11 is 6.26. The SMILES string of the molecule is CCOC(=O)C[C@H]1CCN(C(=O)[C@@H](C)Oc2ccc3c(-c4ccc(F)cc4Cl)ccnc3c2)C1. The number of hydrogen-bond acceptors (Lipinski definition) is 5. The molecule has 1 saturated heterocycles. The van der Waals surface area contributed by atoms with Gasteiger partial charge in [-0.25, -0.2) is 4.39 Å². The van der Waals surface area contributed by atoms with E-state index in [9.17, 15) is 14.0 Å². The van der Waals surface area contributed by atoms with E-state index in [1.54, 1.807) is 43.1 Å². The van der Waals surface area contributed by atoms with Crippen LogP contribution in [0.25, 0.3) is 22.0 Å². The molecule has 2 heterocycles. The number of pyridine rings is 1. The smallest absolute Gasteiger partial charge is 0.306 e. The molecule has 1 aliphatic heterocycles. The summed E-state index contributed by atoms with van der Waals surface area (Å²) in [6, 6.07) is 11.5. The molecule has 2 atom stereocenters. The Labute approximate surface area is 202 Å². The maximum absolute atomic E-state index is 13.5. The normalized spacial score (nSPS) is 16.5. The van der Waals surface area contributed by atoms with Crippen molar-refractivity contribution in [2.75, 3.05) is 19.7 Å². The lowest BCUT2D eigenvalue weighted by Gasteiger charge is -2.22. The van der Waals surface area contributed by atoms with Crippen molar-refractivity contribution in [2.24, 2.45) is 5.92 Å². The first-order chi connectivity index (χ1) is 16.4. The molecular weight excluding hydrogens is 459 g/mol. The predicted molar refractivity (Wildman–Crippen MR) is 128 cm³/mol. The topological polar surface area (TPSA) is 68.7 Å². The average molecular weight is 485 g/mol. The highest BCUT2D eigenvalue weighted by Crippen LogP contribution is 2.34. The molecule has 0 saturated carbocycles. The molecule has 1 aromatic heterocycles. The molecule has 3 aromatic rings. The zero-order chi connectivity index (χ0) is 24.2. The van der Waals surface area contributed by atoms with Gasteiger partial charge < -0.3 is 14.4 Å². The van der Waals surface area contributed by atoms with E-state index in [-0.39, 0.29) is 17.8 Å². The van der Waals surface area contributed by atoms with E-state index in [2.05, 4.69) is 4.98 Å². The predicted octanol–water partition coefficient (Wildman–Crippen LogP) is 5.26. The van der Waals surface area contributed by atoms with Crippen LogP contribution in [0.5, 0.6) is 5.75 Å². The Morgan fingerprint density at radius 1 is 1.21 bits per heavy atom. The standard InChI is InChI=1S/C26H26ClFN2O4/c1-3-33-25(31)12-17-9-11-30(15-17)26(32)16(2)34-19-5-7-22-20(8-10-29-24(22)14-19)21-6-4-18(28)13-23(21)27/h4-8,10,13-14,16-17H,3,9,11-12,15H2,1-2H3/t16-,17-/m1/s1. The van der Waals surface area contributed by atoms with E-state index in [1.807, 2.05) is 12.1 Å². The zero-order valence-electron chi connectivity index (χ0n) is 19.1. The first kappa shape index (κ1) is 24.0. The molecule has 1 aliphatic rings. The number of ether oxygens (including phenoxy) is 2. The maximum Gasteiger partial charge on any atom is 0.306 e. The molecule has 1 amide bonds. The molecule has 6 nitrogen and oxygen atoms in total. The minimum absolute atomic E-state index is 0.108. The van der Waals surface area contributed by atoms with Gasteiger partial charge in [-0.2, -0.15) is 0 Å². The summed E-state index contributed by atoms with van der Waals surface area (Å²) < 4.78 is 24.4. The van der Waals surface area contributed by atoms with Gasteiger partial charge in [-0.1, -0.05) is 11.6 Å². The molecule has 1 fully saturated rings. The first-order valence-corrected chi connectivity index (χ1v) is 11.7. The van der Waals surface area contributed by atoms with Gasteiger partial charge >= 0.3 is 5.97 Å². The second kappa shape index (κ2) is 10.4. The monoisotopic (exact) mass is 484 g/mol. The second-order valence-corrected chi connectivity index (χ2v) is 8.78. The average Bonchev–Trinajstić information content (AvgIpc) is 3.26. The fraction of sp³-hybridized carbons (Fsp3) is 0.346. The number of benzene rings is 2. The van der Waals surface area contributed by atoms with Crippen molar-refractivity contribution in [1.29, 1.82) is 0 Å². The number of rotatable bonds is 7. The lowest BCUT2D eigenvalue weighted by Crippen LogP contribution is -2.39. The van der Waals surface area contributed by atoms with Crippen LogP contribution in [0.2, 0.25) is 5.02 Å². The largest absolute Gasteiger partial charge is 0.481 e. The van der Waals surface area contributed by atoms with Crippen LogP contribution in [0, 0.1) is 11.7 Å². The van der Waals surface area contributed by atoms with E-state index in [1.165, 1.54) is 12.1 Å². The van der Waals surface area contributed by atoms with Crippen LogP contribution in [0.3, 0.4) is 0 Å². The minimum Gasteiger partial charge on any atom is -0.481 e. The summed E-state index contributed by atoms with van der Waals surface area (Å²) in [6.07, 6.45) is 2.06. The summed E-state index contributed by atoms with van der Waals surface area (Å²) in [5, 5.41) is 1.16. The van der Waals surface area contributed by atoms with Crippen molar-refractivity contribution in [1.82, 2.24) is 9.88 Å². The third-order valence-corrected chi connectivity index (χ3v) is 6.27. The number of aromatic nitrogens is 1. The van der Waals surface area contributed by atoms with Crippen molar-refractivity contribution in [3.8, 4) is 16.9 Å². The van der Waals surface area contributed by atoms with E-state index >= 15 is 0 Å². The molecule has 0 unspecified atom stereocenters. The fourth-order valence-electron chi connectivity index (χ4n) is 4.31. The van der Waals surface area contributed by atoms with Gasteiger partial charge in [0.15, 0.2) is 6.10 Å². The Balaban J connectivity index is 1.45. The molecule has 34 heavy (non-hydrogen) atoms. The summed E-state index contributed by atoms with van der Waals surface area (Å²) in [7, 11) is 0. The van der Waals surface area contributed by atoms with Gasteiger partial charge in [0.1, 0.15) is 11.6 Å². The van der Waals surface area contributed by atoms with Gasteiger partial charge in [-0.05, 0) is 68.1 Å². The molecule has 0 bridgehead atoms. The third-order valence-electron chi connectivity index (χ3n) is 5.95. The number of carbonyl (C=O) groups excluding carboxylic acids is 2. The van der Waals surface area contributed by atoms with Crippen molar-refractivity contribution >= 4 is 34.4 Å². The number of amides is 1. The van der Waals surface area contributed by atoms with Crippen molar-refractivity contribution < 1.29 is 23.5 Å². The third kappa shape index (κ3) is 5.30. The van der Waals surface area contributed by atoms with Crippen LogP contribution in [0.1, 0.15) is 26.7 Å². The van der Waals surface area contributed by atoms with Gasteiger partial charge in [-0.3, -0.25) is 14.6 Å². The number of halogens is 2. The summed E-state index contributed by atoms with van der Waals surface area (Å²) in [4.78, 5) is 30.8. The van der Waals surface area contributed by atoms with Crippen molar-refractivity contribution in [2.45, 2.75) is 32.8 Å². The number of esters is 1. The molecule has 0 aliphatic carbocycles. The molecule has 0 N–H and O–H groups in total. The van der Waals surface area contributed by atoms with Crippen molar-refractivity contribution in [3.63, 3.8) is 0 Å². The van der Waals surface area contributed by atoms with E-state index < -0.39 is 11.9 Å². The Hall–Kier alpha value is -3.19. The second-order valence-electron chi connectivity index (χ2n) is 8.37. The number of nitrogens with zero attached hydrogens (tertiary/aromatic N) is 2. The van der Waals surface area contributed by atoms with Crippen LogP contribution in [0.4, 0.5) is 4.39 Å². The maximum atomic E-state index is 13.5. The fourth-order valence-corrected chi connectivity index (χ4v) is 4.58. The van der Waals surface area contributed by atoms with E-state index in [0.29, 0.717) is 48.0 Å². The highest BCUT2D eigenvalue weighted by Gasteiger charge is 2.31. The molecule has 178 valence electrons. The lowest BCUT2D eigenvalue weighted by molar-refractivity contribution is -0.144. The van der Waals surface area contributed by atoms with E-state index in [0.717, 1.165) is 17.4 Å². The molecular formula is C26H26ClFN2O4. The number of likely N-dealkylation sites (tertiary alicyclic amines) is 1. The van der Waals surface area contributed by atoms with Crippen LogP contribution < -0.4 is 4.74 Å². The van der Waals surface area contributed by atoms with Gasteiger partial charge in [0.25, 0.3) is 5.91 Å². The minimum atomic E-state index is -0.687. The van der Waals surface area contributed by atoms with Crippen LogP contribution >= 0.6 is 11.6 Å². The first-order valence-electron chi connectivity index (χ1n) is 11.3. The Kier molecular flexibility index (Phi) is 7.32. The number of hydrogen-bond donors (Lipinski definition) is 0. The molecule has 0 spiro atoms. The van der Waals surface area contributed by atoms with Gasteiger partial charge in [0, 0.05) is 36.3 Å².